The molecule has 0 aliphatic carbocycles. The number of likely N-dealkylation sites (tertiary alicyclic amines) is 1. The van der Waals surface area contributed by atoms with Crippen LogP contribution in [-0.2, 0) is 6.42 Å². The van der Waals surface area contributed by atoms with E-state index in [9.17, 15) is 4.79 Å². The van der Waals surface area contributed by atoms with E-state index in [1.165, 1.54) is 18.4 Å². The van der Waals surface area contributed by atoms with E-state index < -0.39 is 0 Å². The Labute approximate surface area is 152 Å². The van der Waals surface area contributed by atoms with Gasteiger partial charge in [0.25, 0.3) is 0 Å². The fraction of sp³-hybridized carbons (Fsp3) is 0.650. The van der Waals surface area contributed by atoms with Crippen LogP contribution in [0.15, 0.2) is 30.3 Å². The minimum Gasteiger partial charge on any atom is -0.336 e. The van der Waals surface area contributed by atoms with Crippen LogP contribution >= 0.6 is 0 Å². The van der Waals surface area contributed by atoms with Crippen LogP contribution in [0.3, 0.4) is 0 Å². The third-order valence-corrected chi connectivity index (χ3v) is 5.97. The molecule has 3 atom stereocenters. The van der Waals surface area contributed by atoms with Crippen molar-refractivity contribution in [1.29, 1.82) is 0 Å². The first kappa shape index (κ1) is 18.2. The molecule has 2 aliphatic heterocycles. The predicted octanol–water partition coefficient (Wildman–Crippen LogP) is 2.04. The van der Waals surface area contributed by atoms with Gasteiger partial charge < -0.3 is 15.1 Å². The lowest BCUT2D eigenvalue weighted by atomic mass is 10.1. The Morgan fingerprint density at radius 1 is 1.20 bits per heavy atom. The van der Waals surface area contributed by atoms with Gasteiger partial charge in [0.15, 0.2) is 0 Å². The number of hydrogen-bond acceptors (Lipinski definition) is 3. The van der Waals surface area contributed by atoms with Crippen molar-refractivity contribution in [3.05, 3.63) is 35.9 Å². The van der Waals surface area contributed by atoms with Gasteiger partial charge in [0, 0.05) is 37.8 Å². The Morgan fingerprint density at radius 3 is 2.64 bits per heavy atom. The number of urea groups is 1. The third-order valence-electron chi connectivity index (χ3n) is 5.97. The molecule has 5 heteroatoms. The molecule has 25 heavy (non-hydrogen) atoms. The van der Waals surface area contributed by atoms with E-state index >= 15 is 0 Å². The molecule has 5 nitrogen and oxygen atoms in total. The van der Waals surface area contributed by atoms with Gasteiger partial charge in [0.1, 0.15) is 0 Å². The van der Waals surface area contributed by atoms with Crippen LogP contribution in [0.1, 0.15) is 24.8 Å². The van der Waals surface area contributed by atoms with E-state index in [-0.39, 0.29) is 6.03 Å². The zero-order chi connectivity index (χ0) is 17.8. The number of amides is 2. The SMILES string of the molecule is CN(C)C(CNC(=O)N1CCC2CCC(C1)N2C)Cc1ccccc1. The van der Waals surface area contributed by atoms with Crippen molar-refractivity contribution >= 4 is 6.03 Å². The monoisotopic (exact) mass is 344 g/mol. The van der Waals surface area contributed by atoms with Crippen LogP contribution in [0.4, 0.5) is 4.79 Å². The van der Waals surface area contributed by atoms with Gasteiger partial charge in [-0.2, -0.15) is 0 Å². The van der Waals surface area contributed by atoms with Crippen LogP contribution in [0.5, 0.6) is 0 Å². The summed E-state index contributed by atoms with van der Waals surface area (Å²) in [6, 6.07) is 12.1. The van der Waals surface area contributed by atoms with E-state index in [2.05, 4.69) is 60.5 Å². The number of nitrogens with zero attached hydrogens (tertiary/aromatic N) is 3. The first-order valence-electron chi connectivity index (χ1n) is 9.49. The molecule has 2 amide bonds. The van der Waals surface area contributed by atoms with Gasteiger partial charge in [-0.3, -0.25) is 4.90 Å². The van der Waals surface area contributed by atoms with Crippen LogP contribution < -0.4 is 5.32 Å². The summed E-state index contributed by atoms with van der Waals surface area (Å²) in [6.45, 7) is 2.42. The standard InChI is InChI=1S/C20H32N4O/c1-22(2)19(13-16-7-5-4-6-8-16)14-21-20(25)24-12-11-17-9-10-18(15-24)23(17)3/h4-8,17-19H,9-15H2,1-3H3,(H,21,25). The molecular weight excluding hydrogens is 312 g/mol. The van der Waals surface area contributed by atoms with Crippen molar-refractivity contribution in [2.75, 3.05) is 40.8 Å². The molecular formula is C20H32N4O. The first-order valence-corrected chi connectivity index (χ1v) is 9.49. The van der Waals surface area contributed by atoms with E-state index in [1.807, 2.05) is 11.0 Å². The summed E-state index contributed by atoms with van der Waals surface area (Å²) >= 11 is 0. The zero-order valence-electron chi connectivity index (χ0n) is 15.8. The average molecular weight is 345 g/mol. The number of carbonyl (C=O) groups excluding carboxylic acids is 1. The highest BCUT2D eigenvalue weighted by atomic mass is 16.2. The van der Waals surface area contributed by atoms with E-state index in [0.29, 0.717) is 24.7 Å². The highest BCUT2D eigenvalue weighted by Gasteiger charge is 2.36. The van der Waals surface area contributed by atoms with E-state index in [4.69, 9.17) is 0 Å². The molecule has 2 aliphatic rings. The van der Waals surface area contributed by atoms with Gasteiger partial charge in [-0.05, 0) is 52.4 Å². The summed E-state index contributed by atoms with van der Waals surface area (Å²) in [6.07, 6.45) is 4.55. The smallest absolute Gasteiger partial charge is 0.317 e. The second-order valence-corrected chi connectivity index (χ2v) is 7.78. The largest absolute Gasteiger partial charge is 0.336 e. The topological polar surface area (TPSA) is 38.8 Å². The van der Waals surface area contributed by atoms with Crippen molar-refractivity contribution in [3.8, 4) is 0 Å². The molecule has 0 radical (unpaired) electrons. The fourth-order valence-corrected chi connectivity index (χ4v) is 4.13. The molecule has 1 aromatic rings. The molecule has 2 saturated heterocycles. The number of carbonyl (C=O) groups is 1. The average Bonchev–Trinajstić information content (AvgIpc) is 2.84. The normalized spacial score (nSPS) is 25.0. The minimum absolute atomic E-state index is 0.0980. The summed E-state index contributed by atoms with van der Waals surface area (Å²) in [5.74, 6) is 0. The molecule has 0 aromatic heterocycles. The van der Waals surface area contributed by atoms with Crippen molar-refractivity contribution in [2.24, 2.45) is 0 Å². The van der Waals surface area contributed by atoms with Gasteiger partial charge >= 0.3 is 6.03 Å². The van der Waals surface area contributed by atoms with Crippen LogP contribution in [0.2, 0.25) is 0 Å². The van der Waals surface area contributed by atoms with Gasteiger partial charge in [0.2, 0.25) is 0 Å². The molecule has 1 N–H and O–H groups in total. The Morgan fingerprint density at radius 2 is 1.92 bits per heavy atom. The molecule has 2 fully saturated rings. The van der Waals surface area contributed by atoms with Crippen molar-refractivity contribution in [3.63, 3.8) is 0 Å². The number of fused-ring (bicyclic) bond motifs is 2. The number of rotatable bonds is 5. The molecule has 3 rings (SSSR count). The van der Waals surface area contributed by atoms with Crippen molar-refractivity contribution in [2.45, 2.75) is 43.8 Å². The second kappa shape index (κ2) is 8.19. The summed E-state index contributed by atoms with van der Waals surface area (Å²) in [4.78, 5) is 19.4. The van der Waals surface area contributed by atoms with Gasteiger partial charge in [-0.15, -0.1) is 0 Å². The lowest BCUT2D eigenvalue weighted by molar-refractivity contribution is 0.183. The highest BCUT2D eigenvalue weighted by molar-refractivity contribution is 5.74. The maximum atomic E-state index is 12.7. The molecule has 138 valence electrons. The summed E-state index contributed by atoms with van der Waals surface area (Å²) in [5, 5.41) is 3.18. The van der Waals surface area contributed by atoms with Crippen LogP contribution in [-0.4, -0.2) is 79.6 Å². The van der Waals surface area contributed by atoms with Crippen molar-refractivity contribution < 1.29 is 4.79 Å². The summed E-state index contributed by atoms with van der Waals surface area (Å²) in [7, 11) is 6.38. The molecule has 1 aromatic carbocycles. The van der Waals surface area contributed by atoms with E-state index in [1.54, 1.807) is 0 Å². The zero-order valence-corrected chi connectivity index (χ0v) is 15.8. The number of likely N-dealkylation sites (N-methyl/N-ethyl adjacent to an activating group) is 2. The molecule has 0 spiro atoms. The molecule has 2 bridgehead atoms. The van der Waals surface area contributed by atoms with Crippen molar-refractivity contribution in [1.82, 2.24) is 20.0 Å². The number of nitrogens with one attached hydrogen (secondary N) is 1. The highest BCUT2D eigenvalue weighted by Crippen LogP contribution is 2.28. The molecule has 2 heterocycles. The Hall–Kier alpha value is -1.59. The lowest BCUT2D eigenvalue weighted by Crippen LogP contribution is -2.48. The van der Waals surface area contributed by atoms with Gasteiger partial charge in [0.05, 0.1) is 0 Å². The molecule has 3 unspecified atom stereocenters. The quantitative estimate of drug-likeness (QED) is 0.888. The van der Waals surface area contributed by atoms with Crippen LogP contribution in [0.25, 0.3) is 0 Å². The lowest BCUT2D eigenvalue weighted by Gasteiger charge is -2.29. The summed E-state index contributed by atoms with van der Waals surface area (Å²) in [5.41, 5.74) is 1.31. The maximum absolute atomic E-state index is 12.7. The summed E-state index contributed by atoms with van der Waals surface area (Å²) < 4.78 is 0. The van der Waals surface area contributed by atoms with Crippen LogP contribution in [0, 0.1) is 0 Å². The minimum atomic E-state index is 0.0980. The molecule has 0 saturated carbocycles. The number of hydrogen-bond donors (Lipinski definition) is 1. The second-order valence-electron chi connectivity index (χ2n) is 7.78. The Kier molecular flexibility index (Phi) is 5.97. The third kappa shape index (κ3) is 4.53. The Balaban J connectivity index is 1.53. The van der Waals surface area contributed by atoms with Gasteiger partial charge in [-0.1, -0.05) is 30.3 Å². The predicted molar refractivity (Wildman–Crippen MR) is 102 cm³/mol. The van der Waals surface area contributed by atoms with E-state index in [0.717, 1.165) is 25.9 Å². The van der Waals surface area contributed by atoms with Gasteiger partial charge in [-0.25, -0.2) is 4.79 Å². The maximum Gasteiger partial charge on any atom is 0.317 e. The first-order chi connectivity index (χ1) is 12.0. The Bertz CT molecular complexity index is 562. The number of benzene rings is 1. The fourth-order valence-electron chi connectivity index (χ4n) is 4.13.